The van der Waals surface area contributed by atoms with Crippen molar-refractivity contribution >= 4 is 35.1 Å². The highest BCUT2D eigenvalue weighted by Crippen LogP contribution is 2.38. The molecule has 0 spiro atoms. The molecule has 0 bridgehead atoms. The number of nitriles is 1. The quantitative estimate of drug-likeness (QED) is 0.140. The van der Waals surface area contributed by atoms with Gasteiger partial charge in [0.25, 0.3) is 5.91 Å². The molecule has 0 aliphatic carbocycles. The van der Waals surface area contributed by atoms with Crippen LogP contribution in [-0.2, 0) is 45.1 Å². The summed E-state index contributed by atoms with van der Waals surface area (Å²) < 4.78 is 17.1. The predicted octanol–water partition coefficient (Wildman–Crippen LogP) is 6.44. The number of amides is 2. The minimum absolute atomic E-state index is 0.243. The predicted molar refractivity (Wildman–Crippen MR) is 199 cm³/mol. The molecule has 3 N–H and O–H groups in total. The fraction of sp³-hybridized carbons (Fsp3) is 0.190. The van der Waals surface area contributed by atoms with Gasteiger partial charge in [0, 0.05) is 23.6 Å². The Labute approximate surface area is 311 Å². The average Bonchev–Trinajstić information content (AvgIpc) is 3.19. The molecule has 2 aliphatic rings. The molecule has 0 aromatic heterocycles. The van der Waals surface area contributed by atoms with Crippen LogP contribution in [-0.4, -0.2) is 37.0 Å². The van der Waals surface area contributed by atoms with E-state index in [4.69, 9.17) is 31.1 Å². The van der Waals surface area contributed by atoms with E-state index in [1.54, 1.807) is 24.3 Å². The van der Waals surface area contributed by atoms with Crippen molar-refractivity contribution in [3.05, 3.63) is 148 Å². The zero-order valence-electron chi connectivity index (χ0n) is 28.7. The van der Waals surface area contributed by atoms with Crippen LogP contribution in [0.4, 0.5) is 5.69 Å². The van der Waals surface area contributed by atoms with Crippen molar-refractivity contribution in [2.24, 2.45) is 0 Å². The lowest BCUT2D eigenvalue weighted by Gasteiger charge is -2.31. The van der Waals surface area contributed by atoms with Crippen LogP contribution in [0.15, 0.2) is 109 Å². The van der Waals surface area contributed by atoms with Crippen LogP contribution in [0.1, 0.15) is 39.5 Å². The van der Waals surface area contributed by atoms with E-state index in [2.05, 4.69) is 22.0 Å². The fourth-order valence-corrected chi connectivity index (χ4v) is 6.55. The number of nitrogens with zero attached hydrogens (tertiary/aromatic N) is 1. The SMILES string of the molecule is COC(=O)C(Cc1ccc(-c2ccc(C#N)cc2)cc1)NC(=O)C1Cc2cc3c(cc2CN1)OC(c1ccc(OCc2ccc(Cl)cc2)cc1)C(=O)N3. The number of rotatable bonds is 10. The Morgan fingerprint density at radius 1 is 0.925 bits per heavy atom. The largest absolute Gasteiger partial charge is 0.489 e. The lowest BCUT2D eigenvalue weighted by atomic mass is 9.93. The highest BCUT2D eigenvalue weighted by atomic mass is 35.5. The third-order valence-electron chi connectivity index (χ3n) is 9.37. The number of esters is 1. The van der Waals surface area contributed by atoms with Gasteiger partial charge < -0.3 is 30.2 Å². The molecule has 2 heterocycles. The molecule has 2 aliphatic heterocycles. The molecule has 5 aromatic carbocycles. The van der Waals surface area contributed by atoms with E-state index in [1.165, 1.54) is 7.11 Å². The second kappa shape index (κ2) is 15.6. The van der Waals surface area contributed by atoms with Crippen LogP contribution in [0.5, 0.6) is 11.5 Å². The van der Waals surface area contributed by atoms with E-state index in [9.17, 15) is 14.4 Å². The minimum Gasteiger partial charge on any atom is -0.489 e. The molecule has 10 nitrogen and oxygen atoms in total. The van der Waals surface area contributed by atoms with Gasteiger partial charge in [-0.25, -0.2) is 4.79 Å². The van der Waals surface area contributed by atoms with Gasteiger partial charge in [0.15, 0.2) is 0 Å². The highest BCUT2D eigenvalue weighted by molar-refractivity contribution is 6.30. The van der Waals surface area contributed by atoms with E-state index in [0.29, 0.717) is 52.9 Å². The number of fused-ring (bicyclic) bond motifs is 2. The van der Waals surface area contributed by atoms with Gasteiger partial charge in [-0.05, 0) is 88.3 Å². The second-order valence-corrected chi connectivity index (χ2v) is 13.3. The summed E-state index contributed by atoms with van der Waals surface area (Å²) in [5.41, 5.74) is 7.40. The van der Waals surface area contributed by atoms with Crippen LogP contribution >= 0.6 is 11.6 Å². The number of methoxy groups -OCH3 is 1. The lowest BCUT2D eigenvalue weighted by molar-refractivity contribution is -0.145. The third-order valence-corrected chi connectivity index (χ3v) is 9.62. The van der Waals surface area contributed by atoms with E-state index < -0.39 is 24.2 Å². The third kappa shape index (κ3) is 8.17. The molecule has 53 heavy (non-hydrogen) atoms. The lowest BCUT2D eigenvalue weighted by Crippen LogP contribution is -2.53. The molecular formula is C42H35ClN4O6. The summed E-state index contributed by atoms with van der Waals surface area (Å²) in [4.78, 5) is 39.5. The number of ether oxygens (including phenoxy) is 3. The number of carbonyl (C=O) groups excluding carboxylic acids is 3. The first-order chi connectivity index (χ1) is 25.8. The fourth-order valence-electron chi connectivity index (χ4n) is 6.43. The Balaban J connectivity index is 0.970. The first-order valence-electron chi connectivity index (χ1n) is 17.1. The van der Waals surface area contributed by atoms with Gasteiger partial charge in [-0.3, -0.25) is 9.59 Å². The molecule has 0 radical (unpaired) electrons. The molecule has 266 valence electrons. The van der Waals surface area contributed by atoms with Gasteiger partial charge in [-0.2, -0.15) is 5.26 Å². The Morgan fingerprint density at radius 3 is 2.28 bits per heavy atom. The molecule has 0 saturated carbocycles. The molecule has 0 saturated heterocycles. The van der Waals surface area contributed by atoms with Crippen LogP contribution in [0, 0.1) is 11.3 Å². The molecule has 11 heteroatoms. The molecule has 3 unspecified atom stereocenters. The maximum atomic E-state index is 13.5. The van der Waals surface area contributed by atoms with E-state index in [1.807, 2.05) is 84.9 Å². The zero-order chi connectivity index (χ0) is 36.9. The summed E-state index contributed by atoms with van der Waals surface area (Å²) in [5.74, 6) is 0.0124. The van der Waals surface area contributed by atoms with Crippen molar-refractivity contribution in [1.82, 2.24) is 10.6 Å². The van der Waals surface area contributed by atoms with Gasteiger partial charge >= 0.3 is 5.97 Å². The summed E-state index contributed by atoms with van der Waals surface area (Å²) in [6.45, 7) is 0.775. The van der Waals surface area contributed by atoms with E-state index in [0.717, 1.165) is 33.4 Å². The number of benzene rings is 5. The average molecular weight is 727 g/mol. The number of halogens is 1. The summed E-state index contributed by atoms with van der Waals surface area (Å²) in [7, 11) is 1.29. The monoisotopic (exact) mass is 726 g/mol. The minimum atomic E-state index is -0.895. The molecule has 7 rings (SSSR count). The summed E-state index contributed by atoms with van der Waals surface area (Å²) in [6, 6.07) is 34.0. The maximum absolute atomic E-state index is 13.5. The van der Waals surface area contributed by atoms with Gasteiger partial charge in [0.2, 0.25) is 12.0 Å². The number of hydrogen-bond acceptors (Lipinski definition) is 8. The van der Waals surface area contributed by atoms with Crippen LogP contribution in [0.3, 0.4) is 0 Å². The molecule has 3 atom stereocenters. The van der Waals surface area contributed by atoms with Crippen molar-refractivity contribution in [2.75, 3.05) is 12.4 Å². The Kier molecular flexibility index (Phi) is 10.4. The second-order valence-electron chi connectivity index (χ2n) is 12.9. The normalized spacial score (nSPS) is 16.4. The van der Waals surface area contributed by atoms with Gasteiger partial charge in [0.1, 0.15) is 24.1 Å². The summed E-state index contributed by atoms with van der Waals surface area (Å²) in [6.07, 6.45) is -0.256. The zero-order valence-corrected chi connectivity index (χ0v) is 29.5. The Bertz CT molecular complexity index is 2180. The smallest absolute Gasteiger partial charge is 0.328 e. The first-order valence-corrected chi connectivity index (χ1v) is 17.5. The van der Waals surface area contributed by atoms with Crippen molar-refractivity contribution in [2.45, 2.75) is 44.2 Å². The first kappa shape index (κ1) is 35.3. The topological polar surface area (TPSA) is 139 Å². The maximum Gasteiger partial charge on any atom is 0.328 e. The molecular weight excluding hydrogens is 692 g/mol. The summed E-state index contributed by atoms with van der Waals surface area (Å²) in [5, 5.41) is 18.9. The summed E-state index contributed by atoms with van der Waals surface area (Å²) >= 11 is 5.96. The van der Waals surface area contributed by atoms with Gasteiger partial charge in [0.05, 0.1) is 30.5 Å². The molecule has 5 aromatic rings. The van der Waals surface area contributed by atoms with E-state index >= 15 is 0 Å². The van der Waals surface area contributed by atoms with Crippen LogP contribution < -0.4 is 25.4 Å². The van der Waals surface area contributed by atoms with Gasteiger partial charge in [-0.1, -0.05) is 72.3 Å². The number of nitrogens with one attached hydrogen (secondary N) is 3. The van der Waals surface area contributed by atoms with Crippen LogP contribution in [0.25, 0.3) is 11.1 Å². The van der Waals surface area contributed by atoms with Crippen molar-refractivity contribution in [3.63, 3.8) is 0 Å². The van der Waals surface area contributed by atoms with Crippen molar-refractivity contribution in [3.8, 4) is 28.7 Å². The Hall–Kier alpha value is -6.15. The number of hydrogen-bond donors (Lipinski definition) is 3. The number of carbonyl (C=O) groups is 3. The van der Waals surface area contributed by atoms with Gasteiger partial charge in [-0.15, -0.1) is 0 Å². The molecule has 0 fully saturated rings. The van der Waals surface area contributed by atoms with Crippen molar-refractivity contribution in [1.29, 1.82) is 5.26 Å². The number of anilines is 1. The highest BCUT2D eigenvalue weighted by Gasteiger charge is 2.33. The Morgan fingerprint density at radius 2 is 1.60 bits per heavy atom. The standard InChI is InChI=1S/C42H35ClN4O6/c1-51-42(50)37(18-25-2-8-28(9-3-25)29-10-4-26(22-44)5-11-29)47-40(48)36-20-31-19-35-38(21-32(31)23-45-36)53-39(41(49)46-35)30-12-16-34(17-13-30)52-24-27-6-14-33(43)15-7-27/h2-17,19,21,36-37,39,45H,18,20,23-24H2,1H3,(H,46,49)(H,47,48). The van der Waals surface area contributed by atoms with Crippen molar-refractivity contribution < 1.29 is 28.6 Å². The van der Waals surface area contributed by atoms with E-state index in [-0.39, 0.29) is 18.2 Å². The molecule has 2 amide bonds. The van der Waals surface area contributed by atoms with Crippen LogP contribution in [0.2, 0.25) is 5.02 Å².